The number of nitrogens with one attached hydrogen (secondary N) is 2. The highest BCUT2D eigenvalue weighted by molar-refractivity contribution is 5.96. The van der Waals surface area contributed by atoms with E-state index in [-0.39, 0.29) is 81.7 Å². The van der Waals surface area contributed by atoms with Crippen LogP contribution in [0.2, 0.25) is 0 Å². The van der Waals surface area contributed by atoms with Crippen LogP contribution in [0.5, 0.6) is 5.88 Å². The van der Waals surface area contributed by atoms with Crippen molar-refractivity contribution in [1.82, 2.24) is 35.1 Å². The number of benzene rings is 1. The second-order valence-corrected chi connectivity index (χ2v) is 14.0. The standard InChI is InChI=1S/C37H49N7O9/c1-2-51-37(50)42-20-18-41(19-21-42)36(49)28(15-16-33(46)53-23-25-13-14-25)39-34(47)29-22-32(44(40-29)27-10-4-3-5-11-27)52-24-31(45)43-17-7-12-30(43)35(48)38-26-8-6-9-26/h3-5,10-11,22,25-26,28,30H,2,6-9,12-21,23-24H2,1H3,(H,38,48)(H,39,47)/t28-,30-/m0/s1. The second-order valence-electron chi connectivity index (χ2n) is 14.0. The summed E-state index contributed by atoms with van der Waals surface area (Å²) in [7, 11) is 0. The smallest absolute Gasteiger partial charge is 0.409 e. The monoisotopic (exact) mass is 735 g/mol. The van der Waals surface area contributed by atoms with Crippen LogP contribution in [0.25, 0.3) is 5.69 Å². The molecule has 286 valence electrons. The number of nitrogens with zero attached hydrogens (tertiary/aromatic N) is 5. The summed E-state index contributed by atoms with van der Waals surface area (Å²) < 4.78 is 17.8. The van der Waals surface area contributed by atoms with Crippen molar-refractivity contribution in [3.8, 4) is 11.6 Å². The number of esters is 1. The van der Waals surface area contributed by atoms with Crippen LogP contribution < -0.4 is 15.4 Å². The highest BCUT2D eigenvalue weighted by Crippen LogP contribution is 2.29. The molecule has 16 heteroatoms. The summed E-state index contributed by atoms with van der Waals surface area (Å²) in [6, 6.07) is 8.85. The molecule has 2 saturated carbocycles. The molecule has 2 N–H and O–H groups in total. The molecule has 4 fully saturated rings. The number of likely N-dealkylation sites (tertiary alicyclic amines) is 1. The Hall–Kier alpha value is -5.15. The number of rotatable bonds is 15. The Kier molecular flexibility index (Phi) is 12.5. The summed E-state index contributed by atoms with van der Waals surface area (Å²) in [6.07, 6.45) is 5.77. The molecule has 16 nitrogen and oxygen atoms in total. The first-order chi connectivity index (χ1) is 25.7. The van der Waals surface area contributed by atoms with E-state index in [0.29, 0.717) is 37.6 Å². The SMILES string of the molecule is CCOC(=O)N1CCN(C(=O)[C@H](CCC(=O)OCC2CC2)NC(=O)c2cc(OCC(=O)N3CCC[C@H]3C(=O)NC3CCC3)n(-c3ccccc3)n2)CC1. The van der Waals surface area contributed by atoms with Gasteiger partial charge in [-0.15, -0.1) is 0 Å². The minimum atomic E-state index is -1.09. The summed E-state index contributed by atoms with van der Waals surface area (Å²) in [6.45, 7) is 3.35. The first-order valence-electron chi connectivity index (χ1n) is 18.7. The molecule has 6 rings (SSSR count). The van der Waals surface area contributed by atoms with Gasteiger partial charge in [0.15, 0.2) is 12.3 Å². The van der Waals surface area contributed by atoms with Crippen LogP contribution in [0.4, 0.5) is 4.79 Å². The molecular weight excluding hydrogens is 686 g/mol. The maximum absolute atomic E-state index is 13.8. The van der Waals surface area contributed by atoms with Gasteiger partial charge in [-0.25, -0.2) is 9.48 Å². The average molecular weight is 736 g/mol. The number of carbonyl (C=O) groups is 6. The van der Waals surface area contributed by atoms with Crippen molar-refractivity contribution in [2.24, 2.45) is 5.92 Å². The second kappa shape index (κ2) is 17.6. The number of para-hydroxylation sites is 1. The predicted molar refractivity (Wildman–Crippen MR) is 189 cm³/mol. The molecule has 4 aliphatic rings. The Bertz CT molecular complexity index is 1630. The zero-order valence-corrected chi connectivity index (χ0v) is 30.2. The fourth-order valence-electron chi connectivity index (χ4n) is 6.60. The zero-order valence-electron chi connectivity index (χ0n) is 30.2. The van der Waals surface area contributed by atoms with Crippen molar-refractivity contribution >= 4 is 35.7 Å². The van der Waals surface area contributed by atoms with Gasteiger partial charge in [0.2, 0.25) is 17.7 Å². The Morgan fingerprint density at radius 3 is 2.30 bits per heavy atom. The number of ether oxygens (including phenoxy) is 3. The molecule has 5 amide bonds. The molecule has 2 aliphatic carbocycles. The molecule has 0 spiro atoms. The number of piperazine rings is 1. The third-order valence-electron chi connectivity index (χ3n) is 10.1. The molecule has 1 aromatic heterocycles. The van der Waals surface area contributed by atoms with E-state index >= 15 is 0 Å². The number of amides is 5. The number of carbonyl (C=O) groups excluding carboxylic acids is 6. The van der Waals surface area contributed by atoms with E-state index in [1.54, 1.807) is 41.0 Å². The third kappa shape index (κ3) is 9.84. The van der Waals surface area contributed by atoms with E-state index in [1.807, 2.05) is 6.07 Å². The van der Waals surface area contributed by atoms with Crippen LogP contribution in [-0.2, 0) is 28.7 Å². The Morgan fingerprint density at radius 1 is 0.887 bits per heavy atom. The quantitative estimate of drug-likeness (QED) is 0.257. The minimum absolute atomic E-state index is 0.00522. The van der Waals surface area contributed by atoms with Crippen LogP contribution in [0.3, 0.4) is 0 Å². The lowest BCUT2D eigenvalue weighted by Crippen LogP contribution is -2.56. The highest BCUT2D eigenvalue weighted by Gasteiger charge is 2.36. The first-order valence-corrected chi connectivity index (χ1v) is 18.7. The normalized spacial score (nSPS) is 19.2. The molecule has 0 radical (unpaired) electrons. The third-order valence-corrected chi connectivity index (χ3v) is 10.1. The molecule has 2 aliphatic heterocycles. The Balaban J connectivity index is 1.14. The van der Waals surface area contributed by atoms with E-state index in [9.17, 15) is 28.8 Å². The fraction of sp³-hybridized carbons (Fsp3) is 0.595. The zero-order chi connectivity index (χ0) is 37.3. The lowest BCUT2D eigenvalue weighted by Gasteiger charge is -2.35. The largest absolute Gasteiger partial charge is 0.467 e. The number of hydrogen-bond donors (Lipinski definition) is 2. The van der Waals surface area contributed by atoms with Gasteiger partial charge in [-0.1, -0.05) is 18.2 Å². The minimum Gasteiger partial charge on any atom is -0.467 e. The van der Waals surface area contributed by atoms with Gasteiger partial charge in [0.05, 0.1) is 18.9 Å². The molecule has 0 bridgehead atoms. The number of hydrogen-bond acceptors (Lipinski definition) is 10. The van der Waals surface area contributed by atoms with Crippen molar-refractivity contribution < 1.29 is 43.0 Å². The summed E-state index contributed by atoms with van der Waals surface area (Å²) in [5, 5.41) is 10.3. The Morgan fingerprint density at radius 2 is 1.62 bits per heavy atom. The summed E-state index contributed by atoms with van der Waals surface area (Å²) in [5.74, 6) is -1.54. The molecule has 2 atom stereocenters. The average Bonchev–Trinajstić information content (AvgIpc) is 3.67. The van der Waals surface area contributed by atoms with Gasteiger partial charge in [-0.05, 0) is 76.3 Å². The maximum atomic E-state index is 13.8. The topological polar surface area (TPSA) is 182 Å². The maximum Gasteiger partial charge on any atom is 0.409 e. The van der Waals surface area contributed by atoms with Crippen molar-refractivity contribution in [3.05, 3.63) is 42.1 Å². The van der Waals surface area contributed by atoms with Crippen molar-refractivity contribution in [2.45, 2.75) is 82.8 Å². The van der Waals surface area contributed by atoms with Gasteiger partial charge in [0, 0.05) is 51.3 Å². The lowest BCUT2D eigenvalue weighted by atomic mass is 9.93. The Labute approximate surface area is 308 Å². The van der Waals surface area contributed by atoms with Gasteiger partial charge in [0.1, 0.15) is 12.1 Å². The van der Waals surface area contributed by atoms with Gasteiger partial charge in [-0.2, -0.15) is 5.10 Å². The van der Waals surface area contributed by atoms with Crippen molar-refractivity contribution in [3.63, 3.8) is 0 Å². The van der Waals surface area contributed by atoms with E-state index in [4.69, 9.17) is 14.2 Å². The van der Waals surface area contributed by atoms with Crippen molar-refractivity contribution in [1.29, 1.82) is 0 Å². The summed E-state index contributed by atoms with van der Waals surface area (Å²) in [4.78, 5) is 83.3. The van der Waals surface area contributed by atoms with E-state index in [1.165, 1.54) is 15.6 Å². The van der Waals surface area contributed by atoms with Gasteiger partial charge in [-0.3, -0.25) is 24.0 Å². The number of aromatic nitrogens is 2. The van der Waals surface area contributed by atoms with Crippen LogP contribution in [0, 0.1) is 5.92 Å². The molecule has 2 aromatic rings. The van der Waals surface area contributed by atoms with E-state index in [0.717, 1.165) is 32.1 Å². The predicted octanol–water partition coefficient (Wildman–Crippen LogP) is 2.04. The molecule has 0 unspecified atom stereocenters. The van der Waals surface area contributed by atoms with Crippen LogP contribution >= 0.6 is 0 Å². The van der Waals surface area contributed by atoms with E-state index in [2.05, 4.69) is 15.7 Å². The first kappa shape index (κ1) is 37.6. The summed E-state index contributed by atoms with van der Waals surface area (Å²) in [5.41, 5.74) is 0.495. The molecule has 2 saturated heterocycles. The van der Waals surface area contributed by atoms with E-state index < -0.39 is 36.0 Å². The van der Waals surface area contributed by atoms with Gasteiger partial charge >= 0.3 is 12.1 Å². The highest BCUT2D eigenvalue weighted by atomic mass is 16.6. The van der Waals surface area contributed by atoms with Crippen LogP contribution in [-0.4, -0.2) is 131 Å². The lowest BCUT2D eigenvalue weighted by molar-refractivity contribution is -0.144. The van der Waals surface area contributed by atoms with Gasteiger partial charge in [0.25, 0.3) is 11.8 Å². The van der Waals surface area contributed by atoms with Crippen molar-refractivity contribution in [2.75, 3.05) is 52.5 Å². The molecule has 1 aromatic carbocycles. The van der Waals surface area contributed by atoms with Crippen LogP contribution in [0.1, 0.15) is 75.2 Å². The van der Waals surface area contributed by atoms with Crippen LogP contribution in [0.15, 0.2) is 36.4 Å². The summed E-state index contributed by atoms with van der Waals surface area (Å²) >= 11 is 0. The molecule has 53 heavy (non-hydrogen) atoms. The molecule has 3 heterocycles. The van der Waals surface area contributed by atoms with Gasteiger partial charge < -0.3 is 39.5 Å². The molecular formula is C37H49N7O9. The fourth-order valence-corrected chi connectivity index (χ4v) is 6.60.